The molecule has 0 aromatic heterocycles. The van der Waals surface area contributed by atoms with Crippen molar-refractivity contribution in [3.05, 3.63) is 35.1 Å². The minimum Gasteiger partial charge on any atom is -0.384 e. The number of nitrogen functional groups attached to an aromatic ring is 1. The Labute approximate surface area is 120 Å². The lowest BCUT2D eigenvalue weighted by Crippen LogP contribution is -2.16. The molecule has 20 heavy (non-hydrogen) atoms. The van der Waals surface area contributed by atoms with Crippen LogP contribution in [0, 0.1) is 17.1 Å². The van der Waals surface area contributed by atoms with Crippen LogP contribution in [-0.2, 0) is 11.3 Å². The van der Waals surface area contributed by atoms with Crippen LogP contribution in [0.3, 0.4) is 0 Å². The van der Waals surface area contributed by atoms with Crippen molar-refractivity contribution in [1.29, 1.82) is 5.41 Å². The summed E-state index contributed by atoms with van der Waals surface area (Å²) < 4.78 is 18.9. The summed E-state index contributed by atoms with van der Waals surface area (Å²) in [5, 5.41) is 7.48. The van der Waals surface area contributed by atoms with Crippen LogP contribution in [0.25, 0.3) is 0 Å². The molecule has 0 aliphatic rings. The van der Waals surface area contributed by atoms with E-state index in [0.717, 1.165) is 12.0 Å². The third kappa shape index (κ3) is 5.29. The van der Waals surface area contributed by atoms with Gasteiger partial charge in [0.05, 0.1) is 6.61 Å². The molecule has 3 nitrogen and oxygen atoms in total. The summed E-state index contributed by atoms with van der Waals surface area (Å²) in [4.78, 5) is 0. The van der Waals surface area contributed by atoms with E-state index in [1.165, 1.54) is 31.4 Å². The summed E-state index contributed by atoms with van der Waals surface area (Å²) in [6.07, 6.45) is 4.69. The smallest absolute Gasteiger partial charge is 0.123 e. The van der Waals surface area contributed by atoms with Crippen molar-refractivity contribution in [3.63, 3.8) is 0 Å². The van der Waals surface area contributed by atoms with Crippen molar-refractivity contribution in [3.8, 4) is 0 Å². The average molecular weight is 280 g/mol. The van der Waals surface area contributed by atoms with Crippen LogP contribution in [0.4, 0.5) is 4.39 Å². The van der Waals surface area contributed by atoms with Gasteiger partial charge in [0, 0.05) is 12.2 Å². The molecule has 0 aliphatic carbocycles. The summed E-state index contributed by atoms with van der Waals surface area (Å²) in [6, 6.07) is 4.30. The maximum absolute atomic E-state index is 13.2. The molecule has 0 spiro atoms. The highest BCUT2D eigenvalue weighted by Crippen LogP contribution is 2.16. The highest BCUT2D eigenvalue weighted by Gasteiger charge is 2.09. The highest BCUT2D eigenvalue weighted by atomic mass is 19.1. The van der Waals surface area contributed by atoms with Crippen LogP contribution in [0.5, 0.6) is 0 Å². The molecule has 1 unspecified atom stereocenters. The lowest BCUT2D eigenvalue weighted by Gasteiger charge is -2.15. The van der Waals surface area contributed by atoms with Crippen LogP contribution in [0.15, 0.2) is 18.2 Å². The zero-order chi connectivity index (χ0) is 15.0. The fraction of sp³-hybridized carbons (Fsp3) is 0.562. The third-order valence-electron chi connectivity index (χ3n) is 3.52. The highest BCUT2D eigenvalue weighted by molar-refractivity contribution is 5.96. The predicted molar refractivity (Wildman–Crippen MR) is 80.4 cm³/mol. The van der Waals surface area contributed by atoms with Crippen molar-refractivity contribution < 1.29 is 9.13 Å². The van der Waals surface area contributed by atoms with Gasteiger partial charge in [-0.05, 0) is 30.0 Å². The zero-order valence-electron chi connectivity index (χ0n) is 12.4. The predicted octanol–water partition coefficient (Wildman–Crippen LogP) is 3.84. The van der Waals surface area contributed by atoms with Gasteiger partial charge in [-0.15, -0.1) is 0 Å². The average Bonchev–Trinajstić information content (AvgIpc) is 2.43. The SMILES string of the molecule is CCCCC(CC)COCc1ccc(F)cc1C(=N)N. The Bertz CT molecular complexity index is 434. The number of ether oxygens (including phenoxy) is 1. The second-order valence-electron chi connectivity index (χ2n) is 5.15. The van der Waals surface area contributed by atoms with E-state index in [2.05, 4.69) is 13.8 Å². The van der Waals surface area contributed by atoms with Gasteiger partial charge in [-0.1, -0.05) is 39.2 Å². The second-order valence-corrected chi connectivity index (χ2v) is 5.15. The summed E-state index contributed by atoms with van der Waals surface area (Å²) >= 11 is 0. The van der Waals surface area contributed by atoms with Gasteiger partial charge in [0.25, 0.3) is 0 Å². The van der Waals surface area contributed by atoms with Gasteiger partial charge >= 0.3 is 0 Å². The van der Waals surface area contributed by atoms with Gasteiger partial charge in [0.15, 0.2) is 0 Å². The van der Waals surface area contributed by atoms with Crippen LogP contribution < -0.4 is 5.73 Å². The largest absolute Gasteiger partial charge is 0.384 e. The molecule has 0 saturated carbocycles. The van der Waals surface area contributed by atoms with Crippen molar-refractivity contribution in [2.24, 2.45) is 11.7 Å². The van der Waals surface area contributed by atoms with E-state index in [1.807, 2.05) is 0 Å². The number of hydrogen-bond donors (Lipinski definition) is 2. The van der Waals surface area contributed by atoms with Crippen LogP contribution in [0.1, 0.15) is 50.7 Å². The number of amidine groups is 1. The Balaban J connectivity index is 2.55. The molecule has 3 N–H and O–H groups in total. The van der Waals surface area contributed by atoms with Crippen molar-refractivity contribution in [1.82, 2.24) is 0 Å². The lowest BCUT2D eigenvalue weighted by molar-refractivity contribution is 0.0818. The van der Waals surface area contributed by atoms with Crippen molar-refractivity contribution >= 4 is 5.84 Å². The molecule has 0 bridgehead atoms. The molecule has 1 rings (SSSR count). The van der Waals surface area contributed by atoms with Gasteiger partial charge in [-0.2, -0.15) is 0 Å². The first-order valence-corrected chi connectivity index (χ1v) is 7.29. The zero-order valence-corrected chi connectivity index (χ0v) is 12.4. The van der Waals surface area contributed by atoms with E-state index in [4.69, 9.17) is 15.9 Å². The van der Waals surface area contributed by atoms with Gasteiger partial charge in [0.1, 0.15) is 11.7 Å². The van der Waals surface area contributed by atoms with Gasteiger partial charge in [-0.3, -0.25) is 5.41 Å². The Morgan fingerprint density at radius 2 is 2.15 bits per heavy atom. The number of unbranched alkanes of at least 4 members (excludes halogenated alkanes) is 1. The summed E-state index contributed by atoms with van der Waals surface area (Å²) in [5.74, 6) is 0.0608. The topological polar surface area (TPSA) is 59.1 Å². The number of rotatable bonds is 9. The van der Waals surface area contributed by atoms with E-state index < -0.39 is 0 Å². The van der Waals surface area contributed by atoms with E-state index in [-0.39, 0.29) is 11.7 Å². The summed E-state index contributed by atoms with van der Waals surface area (Å²) in [5.41, 5.74) is 6.66. The first-order chi connectivity index (χ1) is 9.58. The molecule has 0 amide bonds. The molecular formula is C16H25FN2O. The molecule has 0 radical (unpaired) electrons. The Kier molecular flexibility index (Phi) is 7.23. The molecule has 0 fully saturated rings. The molecule has 0 heterocycles. The Morgan fingerprint density at radius 1 is 1.40 bits per heavy atom. The third-order valence-corrected chi connectivity index (χ3v) is 3.52. The minimum absolute atomic E-state index is 0.124. The maximum atomic E-state index is 13.2. The van der Waals surface area contributed by atoms with Gasteiger partial charge < -0.3 is 10.5 Å². The molecule has 0 saturated heterocycles. The van der Waals surface area contributed by atoms with E-state index in [1.54, 1.807) is 6.07 Å². The fourth-order valence-corrected chi connectivity index (χ4v) is 2.16. The van der Waals surface area contributed by atoms with Crippen LogP contribution >= 0.6 is 0 Å². The number of benzene rings is 1. The van der Waals surface area contributed by atoms with E-state index >= 15 is 0 Å². The normalized spacial score (nSPS) is 12.3. The van der Waals surface area contributed by atoms with E-state index in [0.29, 0.717) is 24.7 Å². The second kappa shape index (κ2) is 8.69. The first-order valence-electron chi connectivity index (χ1n) is 7.29. The lowest BCUT2D eigenvalue weighted by atomic mass is 10.0. The fourth-order valence-electron chi connectivity index (χ4n) is 2.16. The number of hydrogen-bond acceptors (Lipinski definition) is 2. The summed E-state index contributed by atoms with van der Waals surface area (Å²) in [6.45, 7) is 5.43. The number of nitrogens with two attached hydrogens (primary N) is 1. The monoisotopic (exact) mass is 280 g/mol. The molecule has 0 aliphatic heterocycles. The van der Waals surface area contributed by atoms with Gasteiger partial charge in [0.2, 0.25) is 0 Å². The summed E-state index contributed by atoms with van der Waals surface area (Å²) in [7, 11) is 0. The Morgan fingerprint density at radius 3 is 2.75 bits per heavy atom. The quantitative estimate of drug-likeness (QED) is 0.533. The molecule has 112 valence electrons. The minimum atomic E-state index is -0.381. The Hall–Kier alpha value is -1.42. The first kappa shape index (κ1) is 16.6. The van der Waals surface area contributed by atoms with Crippen molar-refractivity contribution in [2.45, 2.75) is 46.1 Å². The molecule has 1 aromatic carbocycles. The van der Waals surface area contributed by atoms with Crippen LogP contribution in [0.2, 0.25) is 0 Å². The molecule has 1 atom stereocenters. The maximum Gasteiger partial charge on any atom is 0.123 e. The van der Waals surface area contributed by atoms with Gasteiger partial charge in [-0.25, -0.2) is 4.39 Å². The molecule has 4 heteroatoms. The molecule has 1 aromatic rings. The standard InChI is InChI=1S/C16H25FN2O/c1-3-5-6-12(4-2)10-20-11-13-7-8-14(17)9-15(13)16(18)19/h7-9,12H,3-6,10-11H2,1-2H3,(H3,18,19). The van der Waals surface area contributed by atoms with E-state index in [9.17, 15) is 4.39 Å². The number of halogens is 1. The van der Waals surface area contributed by atoms with Crippen LogP contribution in [-0.4, -0.2) is 12.4 Å². The molecular weight excluding hydrogens is 255 g/mol. The van der Waals surface area contributed by atoms with Crippen molar-refractivity contribution in [2.75, 3.05) is 6.61 Å². The number of nitrogens with one attached hydrogen (secondary N) is 1.